The Morgan fingerprint density at radius 2 is 1.81 bits per heavy atom. The van der Waals surface area contributed by atoms with Gasteiger partial charge in [-0.15, -0.1) is 0 Å². The highest BCUT2D eigenvalue weighted by Gasteiger charge is 2.27. The first-order valence-corrected chi connectivity index (χ1v) is 11.2. The number of amides is 1. The third kappa shape index (κ3) is 5.40. The summed E-state index contributed by atoms with van der Waals surface area (Å²) in [7, 11) is -3.07. The van der Waals surface area contributed by atoms with E-state index < -0.39 is 9.84 Å². The molecule has 1 amide bonds. The van der Waals surface area contributed by atoms with Crippen molar-refractivity contribution in [2.75, 3.05) is 19.3 Å². The van der Waals surface area contributed by atoms with Crippen LogP contribution in [-0.4, -0.2) is 44.6 Å². The SMILES string of the molecule is CC(c1ccccc1)N1CCC(NC(=O)c2ccc(CS(C)(=O)=O)cc2)C1. The minimum Gasteiger partial charge on any atom is -0.348 e. The van der Waals surface area contributed by atoms with Gasteiger partial charge in [-0.3, -0.25) is 9.69 Å². The molecule has 1 aliphatic rings. The van der Waals surface area contributed by atoms with Crippen molar-refractivity contribution < 1.29 is 13.2 Å². The van der Waals surface area contributed by atoms with Crippen molar-refractivity contribution in [3.63, 3.8) is 0 Å². The summed E-state index contributed by atoms with van der Waals surface area (Å²) in [5.41, 5.74) is 2.53. The molecule has 1 heterocycles. The predicted molar refractivity (Wildman–Crippen MR) is 107 cm³/mol. The second-order valence-corrected chi connectivity index (χ2v) is 9.45. The average molecular weight is 387 g/mol. The molecule has 0 saturated carbocycles. The Kier molecular flexibility index (Phi) is 5.97. The van der Waals surface area contributed by atoms with E-state index >= 15 is 0 Å². The van der Waals surface area contributed by atoms with Gasteiger partial charge in [-0.2, -0.15) is 0 Å². The number of nitrogens with one attached hydrogen (secondary N) is 1. The summed E-state index contributed by atoms with van der Waals surface area (Å²) >= 11 is 0. The van der Waals surface area contributed by atoms with E-state index in [0.717, 1.165) is 19.5 Å². The predicted octanol–water partition coefficient (Wildman–Crippen LogP) is 2.80. The van der Waals surface area contributed by atoms with Crippen LogP contribution in [-0.2, 0) is 15.6 Å². The van der Waals surface area contributed by atoms with Crippen LogP contribution in [0.4, 0.5) is 0 Å². The lowest BCUT2D eigenvalue weighted by atomic mass is 10.1. The zero-order chi connectivity index (χ0) is 19.4. The molecule has 6 heteroatoms. The largest absolute Gasteiger partial charge is 0.348 e. The molecule has 1 fully saturated rings. The lowest BCUT2D eigenvalue weighted by Gasteiger charge is -2.24. The molecule has 144 valence electrons. The summed E-state index contributed by atoms with van der Waals surface area (Å²) in [6.07, 6.45) is 2.13. The molecule has 2 aromatic rings. The van der Waals surface area contributed by atoms with Gasteiger partial charge in [0, 0.05) is 37.0 Å². The van der Waals surface area contributed by atoms with Gasteiger partial charge >= 0.3 is 0 Å². The number of hydrogen-bond acceptors (Lipinski definition) is 4. The second-order valence-electron chi connectivity index (χ2n) is 7.31. The summed E-state index contributed by atoms with van der Waals surface area (Å²) < 4.78 is 22.7. The van der Waals surface area contributed by atoms with E-state index in [2.05, 4.69) is 41.4 Å². The van der Waals surface area contributed by atoms with Gasteiger partial charge in [0.15, 0.2) is 9.84 Å². The Balaban J connectivity index is 1.56. The Morgan fingerprint density at radius 3 is 2.44 bits per heavy atom. The van der Waals surface area contributed by atoms with Crippen LogP contribution < -0.4 is 5.32 Å². The van der Waals surface area contributed by atoms with Crippen LogP contribution in [0.2, 0.25) is 0 Å². The lowest BCUT2D eigenvalue weighted by Crippen LogP contribution is -2.37. The van der Waals surface area contributed by atoms with E-state index in [4.69, 9.17) is 0 Å². The van der Waals surface area contributed by atoms with Crippen LogP contribution in [0.3, 0.4) is 0 Å². The highest BCUT2D eigenvalue weighted by molar-refractivity contribution is 7.89. The molecule has 0 radical (unpaired) electrons. The van der Waals surface area contributed by atoms with E-state index in [1.165, 1.54) is 11.8 Å². The smallest absolute Gasteiger partial charge is 0.251 e. The van der Waals surface area contributed by atoms with Crippen LogP contribution in [0.5, 0.6) is 0 Å². The average Bonchev–Trinajstić information content (AvgIpc) is 3.09. The molecule has 2 unspecified atom stereocenters. The molecule has 2 aromatic carbocycles. The summed E-state index contributed by atoms with van der Waals surface area (Å²) in [5.74, 6) is -0.121. The summed E-state index contributed by atoms with van der Waals surface area (Å²) in [5, 5.41) is 3.10. The van der Waals surface area contributed by atoms with E-state index in [-0.39, 0.29) is 17.7 Å². The molecule has 2 atom stereocenters. The number of carbonyl (C=O) groups excluding carboxylic acids is 1. The number of rotatable bonds is 6. The molecule has 1 saturated heterocycles. The van der Waals surface area contributed by atoms with Crippen LogP contribution in [0.1, 0.15) is 40.9 Å². The van der Waals surface area contributed by atoms with E-state index in [1.54, 1.807) is 24.3 Å². The third-order valence-corrected chi connectivity index (χ3v) is 5.89. The van der Waals surface area contributed by atoms with E-state index in [0.29, 0.717) is 17.2 Å². The maximum atomic E-state index is 12.5. The van der Waals surface area contributed by atoms with E-state index in [1.807, 2.05) is 6.07 Å². The normalized spacial score (nSPS) is 19.0. The molecular formula is C21H26N2O3S. The van der Waals surface area contributed by atoms with Crippen molar-refractivity contribution in [1.82, 2.24) is 10.2 Å². The number of benzene rings is 2. The molecule has 0 spiro atoms. The van der Waals surface area contributed by atoms with Crippen molar-refractivity contribution in [3.8, 4) is 0 Å². The first-order valence-electron chi connectivity index (χ1n) is 9.18. The van der Waals surface area contributed by atoms with Crippen molar-refractivity contribution in [2.45, 2.75) is 31.2 Å². The van der Waals surface area contributed by atoms with Crippen LogP contribution in [0.25, 0.3) is 0 Å². The van der Waals surface area contributed by atoms with Crippen molar-refractivity contribution in [3.05, 3.63) is 71.3 Å². The monoisotopic (exact) mass is 386 g/mol. The van der Waals surface area contributed by atoms with Gasteiger partial charge in [-0.05, 0) is 36.6 Å². The zero-order valence-corrected chi connectivity index (χ0v) is 16.6. The fraction of sp³-hybridized carbons (Fsp3) is 0.381. The zero-order valence-electron chi connectivity index (χ0n) is 15.8. The molecule has 3 rings (SSSR count). The third-order valence-electron chi connectivity index (χ3n) is 5.03. The minimum atomic E-state index is -3.07. The fourth-order valence-corrected chi connectivity index (χ4v) is 4.32. The summed E-state index contributed by atoms with van der Waals surface area (Å²) in [6, 6.07) is 17.6. The standard InChI is InChI=1S/C21H26N2O3S/c1-16(18-6-4-3-5-7-18)23-13-12-20(14-23)22-21(24)19-10-8-17(9-11-19)15-27(2,25)26/h3-11,16,20H,12-15H2,1-2H3,(H,22,24). The van der Waals surface area contributed by atoms with E-state index in [9.17, 15) is 13.2 Å². The van der Waals surface area contributed by atoms with Gasteiger partial charge in [0.25, 0.3) is 5.91 Å². The van der Waals surface area contributed by atoms with Crippen molar-refractivity contribution in [1.29, 1.82) is 0 Å². The second kappa shape index (κ2) is 8.23. The maximum Gasteiger partial charge on any atom is 0.251 e. The first kappa shape index (κ1) is 19.6. The summed E-state index contributed by atoms with van der Waals surface area (Å²) in [6.45, 7) is 3.97. The Morgan fingerprint density at radius 1 is 1.15 bits per heavy atom. The van der Waals surface area contributed by atoms with Gasteiger partial charge in [0.05, 0.1) is 5.75 Å². The van der Waals surface area contributed by atoms with Gasteiger partial charge in [0.1, 0.15) is 0 Å². The lowest BCUT2D eigenvalue weighted by molar-refractivity contribution is 0.0936. The highest BCUT2D eigenvalue weighted by Crippen LogP contribution is 2.24. The van der Waals surface area contributed by atoms with Gasteiger partial charge in [-0.25, -0.2) is 8.42 Å². The number of likely N-dealkylation sites (tertiary alicyclic amines) is 1. The van der Waals surface area contributed by atoms with Gasteiger partial charge in [-0.1, -0.05) is 42.5 Å². The molecule has 5 nitrogen and oxygen atoms in total. The minimum absolute atomic E-state index is 0.0101. The number of carbonyl (C=O) groups is 1. The Bertz CT molecular complexity index is 879. The topological polar surface area (TPSA) is 66.5 Å². The molecule has 27 heavy (non-hydrogen) atoms. The number of nitrogens with zero attached hydrogens (tertiary/aromatic N) is 1. The van der Waals surface area contributed by atoms with Gasteiger partial charge in [0.2, 0.25) is 0 Å². The number of sulfone groups is 1. The molecule has 1 aliphatic heterocycles. The quantitative estimate of drug-likeness (QED) is 0.829. The first-order chi connectivity index (χ1) is 12.8. The van der Waals surface area contributed by atoms with Crippen molar-refractivity contribution >= 4 is 15.7 Å². The maximum absolute atomic E-state index is 12.5. The fourth-order valence-electron chi connectivity index (χ4n) is 3.52. The summed E-state index contributed by atoms with van der Waals surface area (Å²) in [4.78, 5) is 14.9. The van der Waals surface area contributed by atoms with Crippen LogP contribution in [0.15, 0.2) is 54.6 Å². The Labute approximate surface area is 161 Å². The van der Waals surface area contributed by atoms with Crippen LogP contribution in [0, 0.1) is 0 Å². The molecule has 0 aliphatic carbocycles. The molecular weight excluding hydrogens is 360 g/mol. The van der Waals surface area contributed by atoms with Crippen molar-refractivity contribution in [2.24, 2.45) is 0 Å². The molecule has 0 aromatic heterocycles. The molecule has 0 bridgehead atoms. The van der Waals surface area contributed by atoms with Crippen LogP contribution >= 0.6 is 0 Å². The Hall–Kier alpha value is -2.18. The van der Waals surface area contributed by atoms with Gasteiger partial charge < -0.3 is 5.32 Å². The number of hydrogen-bond donors (Lipinski definition) is 1. The highest BCUT2D eigenvalue weighted by atomic mass is 32.2. The molecule has 1 N–H and O–H groups in total.